The molecule has 1 saturated carbocycles. The number of hydrogen-bond donors (Lipinski definition) is 1. The van der Waals surface area contributed by atoms with Gasteiger partial charge in [0.05, 0.1) is 0 Å². The summed E-state index contributed by atoms with van der Waals surface area (Å²) in [5, 5.41) is 2.73. The summed E-state index contributed by atoms with van der Waals surface area (Å²) in [5.74, 6) is 0. The van der Waals surface area contributed by atoms with Crippen LogP contribution in [-0.2, 0) is 4.74 Å². The van der Waals surface area contributed by atoms with Crippen molar-refractivity contribution in [3.8, 4) is 0 Å². The summed E-state index contributed by atoms with van der Waals surface area (Å²) in [6.07, 6.45) is 1.95. The summed E-state index contributed by atoms with van der Waals surface area (Å²) >= 11 is 0. The van der Waals surface area contributed by atoms with Gasteiger partial charge in [-0.25, -0.2) is 4.79 Å². The maximum absolute atomic E-state index is 11.0. The Hall–Kier alpha value is -0.730. The molecule has 1 N–H and O–H groups in total. The molecule has 0 spiro atoms. The van der Waals surface area contributed by atoms with Crippen LogP contribution < -0.4 is 5.32 Å². The van der Waals surface area contributed by atoms with Crippen LogP contribution >= 0.6 is 0 Å². The molecule has 3 nitrogen and oxygen atoms in total. The molecule has 0 aliphatic heterocycles. The lowest BCUT2D eigenvalue weighted by Crippen LogP contribution is -2.41. The van der Waals surface area contributed by atoms with Crippen LogP contribution in [0.3, 0.4) is 0 Å². The van der Waals surface area contributed by atoms with Gasteiger partial charge in [0.2, 0.25) is 0 Å². The van der Waals surface area contributed by atoms with Crippen LogP contribution in [0.1, 0.15) is 33.6 Å². The zero-order chi connectivity index (χ0) is 8.48. The van der Waals surface area contributed by atoms with Crippen LogP contribution in [0.4, 0.5) is 4.79 Å². The van der Waals surface area contributed by atoms with Crippen molar-refractivity contribution < 1.29 is 9.53 Å². The number of nitrogens with one attached hydrogen (secondary N) is 1. The minimum Gasteiger partial charge on any atom is -0.446 e. The zero-order valence-corrected chi connectivity index (χ0v) is 7.31. The quantitative estimate of drug-likeness (QED) is 0.628. The molecular weight excluding hydrogens is 142 g/mol. The van der Waals surface area contributed by atoms with Gasteiger partial charge in [-0.1, -0.05) is 0 Å². The van der Waals surface area contributed by atoms with Gasteiger partial charge in [0.25, 0.3) is 0 Å². The first-order chi connectivity index (χ1) is 4.97. The van der Waals surface area contributed by atoms with E-state index in [0.717, 1.165) is 12.8 Å². The number of ether oxygens (including phenoxy) is 1. The van der Waals surface area contributed by atoms with Gasteiger partial charge in [-0.3, -0.25) is 0 Å². The fourth-order valence-corrected chi connectivity index (χ4v) is 0.673. The van der Waals surface area contributed by atoms with Crippen molar-refractivity contribution >= 4 is 6.09 Å². The minimum atomic E-state index is -0.292. The molecule has 1 aliphatic carbocycles. The van der Waals surface area contributed by atoms with E-state index in [1.807, 2.05) is 20.8 Å². The van der Waals surface area contributed by atoms with E-state index in [1.165, 1.54) is 0 Å². The van der Waals surface area contributed by atoms with Crippen molar-refractivity contribution in [2.45, 2.75) is 45.3 Å². The van der Waals surface area contributed by atoms with Gasteiger partial charge in [-0.05, 0) is 33.6 Å². The van der Waals surface area contributed by atoms with Gasteiger partial charge >= 0.3 is 6.09 Å². The van der Waals surface area contributed by atoms with E-state index in [4.69, 9.17) is 4.74 Å². The Balaban J connectivity index is 2.19. The predicted molar refractivity (Wildman–Crippen MR) is 42.4 cm³/mol. The van der Waals surface area contributed by atoms with Gasteiger partial charge in [-0.15, -0.1) is 0 Å². The Labute approximate surface area is 67.1 Å². The fourth-order valence-electron chi connectivity index (χ4n) is 0.673. The molecule has 0 bridgehead atoms. The number of rotatable bonds is 1. The summed E-state index contributed by atoms with van der Waals surface area (Å²) in [6.45, 7) is 5.80. The molecule has 1 amide bonds. The smallest absolute Gasteiger partial charge is 0.407 e. The third-order valence-electron chi connectivity index (χ3n) is 1.28. The number of carbonyl (C=O) groups is 1. The third-order valence-corrected chi connectivity index (χ3v) is 1.28. The molecule has 1 aliphatic rings. The number of carbonyl (C=O) groups excluding carboxylic acids is 1. The minimum absolute atomic E-state index is 0.189. The molecule has 64 valence electrons. The maximum Gasteiger partial charge on any atom is 0.407 e. The van der Waals surface area contributed by atoms with Crippen LogP contribution in [-0.4, -0.2) is 17.7 Å². The van der Waals surface area contributed by atoms with Crippen LogP contribution in [0, 0.1) is 0 Å². The molecular formula is C8H15NO2. The standard InChI is InChI=1S/C8H15NO2/c1-8(2,3)9-7(10)11-6-4-5-6/h6H,4-5H2,1-3H3,(H,9,10). The molecule has 0 aromatic carbocycles. The van der Waals surface area contributed by atoms with E-state index in [-0.39, 0.29) is 17.7 Å². The zero-order valence-electron chi connectivity index (χ0n) is 7.31. The van der Waals surface area contributed by atoms with E-state index < -0.39 is 0 Å². The van der Waals surface area contributed by atoms with E-state index >= 15 is 0 Å². The van der Waals surface area contributed by atoms with Crippen molar-refractivity contribution in [2.24, 2.45) is 0 Å². The lowest BCUT2D eigenvalue weighted by molar-refractivity contribution is 0.131. The Morgan fingerprint density at radius 3 is 2.36 bits per heavy atom. The second-order valence-corrected chi connectivity index (χ2v) is 3.98. The average Bonchev–Trinajstić information content (AvgIpc) is 2.42. The fraction of sp³-hybridized carbons (Fsp3) is 0.875. The van der Waals surface area contributed by atoms with E-state index in [2.05, 4.69) is 5.32 Å². The lowest BCUT2D eigenvalue weighted by Gasteiger charge is -2.19. The topological polar surface area (TPSA) is 38.3 Å². The maximum atomic E-state index is 11.0. The highest BCUT2D eigenvalue weighted by molar-refractivity contribution is 5.68. The Morgan fingerprint density at radius 1 is 1.45 bits per heavy atom. The predicted octanol–water partition coefficient (Wildman–Crippen LogP) is 1.67. The Kier molecular flexibility index (Phi) is 2.07. The summed E-state index contributed by atoms with van der Waals surface area (Å²) in [4.78, 5) is 11.0. The van der Waals surface area contributed by atoms with E-state index in [1.54, 1.807) is 0 Å². The molecule has 11 heavy (non-hydrogen) atoms. The van der Waals surface area contributed by atoms with Crippen LogP contribution in [0.15, 0.2) is 0 Å². The van der Waals surface area contributed by atoms with Crippen molar-refractivity contribution in [3.05, 3.63) is 0 Å². The van der Waals surface area contributed by atoms with Crippen molar-refractivity contribution in [1.29, 1.82) is 0 Å². The largest absolute Gasteiger partial charge is 0.446 e. The Bertz CT molecular complexity index is 156. The van der Waals surface area contributed by atoms with Gasteiger partial charge in [0.1, 0.15) is 6.10 Å². The highest BCUT2D eigenvalue weighted by Crippen LogP contribution is 2.23. The van der Waals surface area contributed by atoms with E-state index in [0.29, 0.717) is 0 Å². The SMILES string of the molecule is CC(C)(C)NC(=O)OC1CC1. The molecule has 0 unspecified atom stereocenters. The molecule has 0 aromatic heterocycles. The normalized spacial score (nSPS) is 17.7. The summed E-state index contributed by atoms with van der Waals surface area (Å²) in [7, 11) is 0. The third kappa shape index (κ3) is 3.86. The monoisotopic (exact) mass is 157 g/mol. The summed E-state index contributed by atoms with van der Waals surface area (Å²) in [5.41, 5.74) is -0.189. The van der Waals surface area contributed by atoms with Gasteiger partial charge in [0.15, 0.2) is 0 Å². The molecule has 1 rings (SSSR count). The van der Waals surface area contributed by atoms with Crippen molar-refractivity contribution in [2.75, 3.05) is 0 Å². The Morgan fingerprint density at radius 2 is 2.00 bits per heavy atom. The van der Waals surface area contributed by atoms with E-state index in [9.17, 15) is 4.79 Å². The number of alkyl carbamates (subject to hydrolysis) is 1. The molecule has 0 heterocycles. The van der Waals surface area contributed by atoms with Crippen LogP contribution in [0.2, 0.25) is 0 Å². The molecule has 1 fully saturated rings. The molecule has 0 radical (unpaired) electrons. The first kappa shape index (κ1) is 8.37. The first-order valence-electron chi connectivity index (χ1n) is 3.96. The lowest BCUT2D eigenvalue weighted by atomic mass is 10.1. The highest BCUT2D eigenvalue weighted by atomic mass is 16.6. The first-order valence-corrected chi connectivity index (χ1v) is 3.96. The number of hydrogen-bond acceptors (Lipinski definition) is 2. The van der Waals surface area contributed by atoms with Crippen LogP contribution in [0.25, 0.3) is 0 Å². The molecule has 3 heteroatoms. The average molecular weight is 157 g/mol. The van der Waals surface area contributed by atoms with Crippen molar-refractivity contribution in [1.82, 2.24) is 5.32 Å². The van der Waals surface area contributed by atoms with Gasteiger partial charge in [-0.2, -0.15) is 0 Å². The summed E-state index contributed by atoms with van der Waals surface area (Å²) < 4.78 is 4.99. The molecule has 0 saturated heterocycles. The molecule has 0 atom stereocenters. The molecule has 0 aromatic rings. The van der Waals surface area contributed by atoms with Crippen molar-refractivity contribution in [3.63, 3.8) is 0 Å². The second kappa shape index (κ2) is 2.72. The number of amides is 1. The van der Waals surface area contributed by atoms with Crippen LogP contribution in [0.5, 0.6) is 0 Å². The van der Waals surface area contributed by atoms with Gasteiger partial charge in [0, 0.05) is 5.54 Å². The second-order valence-electron chi connectivity index (χ2n) is 3.98. The van der Waals surface area contributed by atoms with Gasteiger partial charge < -0.3 is 10.1 Å². The summed E-state index contributed by atoms with van der Waals surface area (Å²) in [6, 6.07) is 0. The highest BCUT2D eigenvalue weighted by Gasteiger charge is 2.27.